The molecule has 1 fully saturated rings. The first kappa shape index (κ1) is 16.9. The van der Waals surface area contributed by atoms with Crippen LogP contribution in [-0.4, -0.2) is 37.9 Å². The van der Waals surface area contributed by atoms with Crippen molar-refractivity contribution in [3.05, 3.63) is 0 Å². The molecule has 114 valence electrons. The van der Waals surface area contributed by atoms with E-state index in [1.54, 1.807) is 4.31 Å². The first-order valence-electron chi connectivity index (χ1n) is 7.10. The second-order valence-electron chi connectivity index (χ2n) is 6.65. The van der Waals surface area contributed by atoms with Gasteiger partial charge in [-0.2, -0.15) is 17.4 Å². The van der Waals surface area contributed by atoms with Gasteiger partial charge in [0.05, 0.1) is 0 Å². The first-order chi connectivity index (χ1) is 8.60. The van der Waals surface area contributed by atoms with Gasteiger partial charge in [0.25, 0.3) is 10.2 Å². The maximum Gasteiger partial charge on any atom is 0.280 e. The van der Waals surface area contributed by atoms with Crippen LogP contribution in [0.15, 0.2) is 0 Å². The van der Waals surface area contributed by atoms with Gasteiger partial charge in [0.15, 0.2) is 0 Å². The molecule has 0 aromatic carbocycles. The van der Waals surface area contributed by atoms with Crippen molar-refractivity contribution in [1.29, 1.82) is 0 Å². The van der Waals surface area contributed by atoms with Gasteiger partial charge in [0, 0.05) is 25.2 Å². The van der Waals surface area contributed by atoms with Crippen molar-refractivity contribution in [2.75, 3.05) is 19.6 Å². The molecule has 1 aliphatic rings. The van der Waals surface area contributed by atoms with Crippen molar-refractivity contribution >= 4 is 10.2 Å². The third kappa shape index (κ3) is 4.15. The Kier molecular flexibility index (Phi) is 5.40. The summed E-state index contributed by atoms with van der Waals surface area (Å²) in [4.78, 5) is 0. The van der Waals surface area contributed by atoms with Crippen molar-refractivity contribution in [2.45, 2.75) is 46.6 Å². The fraction of sp³-hybridized carbons (Fsp3) is 1.00. The molecule has 0 aromatic heterocycles. The second-order valence-corrected chi connectivity index (χ2v) is 8.32. The van der Waals surface area contributed by atoms with Gasteiger partial charge < -0.3 is 5.73 Å². The Morgan fingerprint density at radius 2 is 1.79 bits per heavy atom. The summed E-state index contributed by atoms with van der Waals surface area (Å²) >= 11 is 0. The SMILES string of the molecule is CC1CC(C)CN(S(=O)(=O)NC(C)(CN)C(C)C)C1. The third-order valence-electron chi connectivity index (χ3n) is 4.24. The standard InChI is InChI=1S/C13H29N3O2S/c1-10(2)13(5,9-14)15-19(17,18)16-7-11(3)6-12(4)8-16/h10-12,15H,6-9,14H2,1-5H3. The van der Waals surface area contributed by atoms with Gasteiger partial charge in [0.1, 0.15) is 0 Å². The molecule has 1 aliphatic heterocycles. The number of hydrogen-bond acceptors (Lipinski definition) is 3. The molecule has 1 saturated heterocycles. The Morgan fingerprint density at radius 3 is 2.16 bits per heavy atom. The molecule has 0 aliphatic carbocycles. The highest BCUT2D eigenvalue weighted by atomic mass is 32.2. The average molecular weight is 291 g/mol. The van der Waals surface area contributed by atoms with Crippen molar-refractivity contribution in [2.24, 2.45) is 23.5 Å². The molecular formula is C13H29N3O2S. The quantitative estimate of drug-likeness (QED) is 0.798. The largest absolute Gasteiger partial charge is 0.329 e. The molecule has 5 nitrogen and oxygen atoms in total. The van der Waals surface area contributed by atoms with E-state index < -0.39 is 15.7 Å². The van der Waals surface area contributed by atoms with E-state index in [4.69, 9.17) is 5.73 Å². The summed E-state index contributed by atoms with van der Waals surface area (Å²) in [6, 6.07) is 0. The smallest absolute Gasteiger partial charge is 0.280 e. The molecule has 0 bridgehead atoms. The maximum absolute atomic E-state index is 12.5. The second kappa shape index (κ2) is 6.08. The van der Waals surface area contributed by atoms with Gasteiger partial charge in [-0.1, -0.05) is 27.7 Å². The van der Waals surface area contributed by atoms with Crippen LogP contribution in [0.2, 0.25) is 0 Å². The molecule has 6 heteroatoms. The lowest BCUT2D eigenvalue weighted by Gasteiger charge is -2.39. The number of nitrogens with zero attached hydrogens (tertiary/aromatic N) is 1. The van der Waals surface area contributed by atoms with E-state index in [9.17, 15) is 8.42 Å². The van der Waals surface area contributed by atoms with Crippen LogP contribution < -0.4 is 10.5 Å². The van der Waals surface area contributed by atoms with Crippen molar-refractivity contribution in [1.82, 2.24) is 9.03 Å². The molecule has 3 N–H and O–H groups in total. The summed E-state index contributed by atoms with van der Waals surface area (Å²) in [7, 11) is -3.46. The number of nitrogens with two attached hydrogens (primary N) is 1. The van der Waals surface area contributed by atoms with Gasteiger partial charge >= 0.3 is 0 Å². The molecule has 1 heterocycles. The van der Waals surface area contributed by atoms with Gasteiger partial charge in [-0.3, -0.25) is 0 Å². The number of hydrogen-bond donors (Lipinski definition) is 2. The van der Waals surface area contributed by atoms with Crippen LogP contribution in [0.3, 0.4) is 0 Å². The van der Waals surface area contributed by atoms with Crippen LogP contribution in [0.4, 0.5) is 0 Å². The molecular weight excluding hydrogens is 262 g/mol. The van der Waals surface area contributed by atoms with E-state index >= 15 is 0 Å². The maximum atomic E-state index is 12.5. The molecule has 0 saturated carbocycles. The zero-order chi connectivity index (χ0) is 14.8. The highest BCUT2D eigenvalue weighted by molar-refractivity contribution is 7.87. The van der Waals surface area contributed by atoms with Gasteiger partial charge in [-0.15, -0.1) is 0 Å². The van der Waals surface area contributed by atoms with E-state index in [-0.39, 0.29) is 5.92 Å². The lowest BCUT2D eigenvalue weighted by molar-refractivity contribution is 0.213. The predicted molar refractivity (Wildman–Crippen MR) is 78.9 cm³/mol. The van der Waals surface area contributed by atoms with E-state index in [1.807, 2.05) is 20.8 Å². The Hall–Kier alpha value is -0.170. The summed E-state index contributed by atoms with van der Waals surface area (Å²) < 4.78 is 29.4. The lowest BCUT2D eigenvalue weighted by atomic mass is 9.90. The normalized spacial score (nSPS) is 29.4. The monoisotopic (exact) mass is 291 g/mol. The number of piperidine rings is 1. The van der Waals surface area contributed by atoms with Crippen LogP contribution in [0.1, 0.15) is 41.0 Å². The van der Waals surface area contributed by atoms with Crippen LogP contribution >= 0.6 is 0 Å². The van der Waals surface area contributed by atoms with Gasteiger partial charge in [-0.25, -0.2) is 0 Å². The van der Waals surface area contributed by atoms with Crippen molar-refractivity contribution in [3.63, 3.8) is 0 Å². The van der Waals surface area contributed by atoms with Crippen LogP contribution in [0.25, 0.3) is 0 Å². The summed E-state index contributed by atoms with van der Waals surface area (Å²) in [5, 5.41) is 0. The minimum Gasteiger partial charge on any atom is -0.329 e. The Labute approximate surface area is 118 Å². The summed E-state index contributed by atoms with van der Waals surface area (Å²) in [6.07, 6.45) is 1.09. The van der Waals surface area contributed by atoms with Gasteiger partial charge in [0.2, 0.25) is 0 Å². The zero-order valence-corrected chi connectivity index (χ0v) is 13.6. The number of nitrogens with one attached hydrogen (secondary N) is 1. The molecule has 0 spiro atoms. The highest BCUT2D eigenvalue weighted by Gasteiger charge is 2.37. The topological polar surface area (TPSA) is 75.4 Å². The number of rotatable bonds is 5. The Balaban J connectivity index is 2.86. The van der Waals surface area contributed by atoms with Crippen molar-refractivity contribution in [3.8, 4) is 0 Å². The van der Waals surface area contributed by atoms with E-state index in [2.05, 4.69) is 18.6 Å². The first-order valence-corrected chi connectivity index (χ1v) is 8.54. The minimum atomic E-state index is -3.46. The minimum absolute atomic E-state index is 0.145. The third-order valence-corrected chi connectivity index (χ3v) is 5.94. The molecule has 19 heavy (non-hydrogen) atoms. The Bertz CT molecular complexity index is 387. The summed E-state index contributed by atoms with van der Waals surface area (Å²) in [5.74, 6) is 0.957. The Morgan fingerprint density at radius 1 is 1.32 bits per heavy atom. The highest BCUT2D eigenvalue weighted by Crippen LogP contribution is 2.24. The molecule has 3 atom stereocenters. The average Bonchev–Trinajstić information content (AvgIpc) is 2.26. The lowest BCUT2D eigenvalue weighted by Crippen LogP contribution is -2.59. The van der Waals surface area contributed by atoms with E-state index in [0.29, 0.717) is 31.5 Å². The predicted octanol–water partition coefficient (Wildman–Crippen LogP) is 1.17. The fourth-order valence-corrected chi connectivity index (χ4v) is 4.50. The van der Waals surface area contributed by atoms with Crippen LogP contribution in [0.5, 0.6) is 0 Å². The molecule has 0 radical (unpaired) electrons. The van der Waals surface area contributed by atoms with Gasteiger partial charge in [-0.05, 0) is 31.1 Å². The zero-order valence-electron chi connectivity index (χ0n) is 12.8. The summed E-state index contributed by atoms with van der Waals surface area (Å²) in [6.45, 7) is 11.5. The molecule has 1 rings (SSSR count). The fourth-order valence-electron chi connectivity index (χ4n) is 2.56. The molecule has 0 amide bonds. The molecule has 3 unspecified atom stereocenters. The van der Waals surface area contributed by atoms with Crippen LogP contribution in [-0.2, 0) is 10.2 Å². The van der Waals surface area contributed by atoms with Crippen molar-refractivity contribution < 1.29 is 8.42 Å². The van der Waals surface area contributed by atoms with E-state index in [1.165, 1.54) is 0 Å². The molecule has 0 aromatic rings. The van der Waals surface area contributed by atoms with Crippen LogP contribution in [0, 0.1) is 17.8 Å². The van der Waals surface area contributed by atoms with E-state index in [0.717, 1.165) is 6.42 Å². The summed E-state index contributed by atoms with van der Waals surface area (Å²) in [5.41, 5.74) is 5.16.